The lowest BCUT2D eigenvalue weighted by Gasteiger charge is -2.32. The summed E-state index contributed by atoms with van der Waals surface area (Å²) in [5, 5.41) is 11.3. The summed E-state index contributed by atoms with van der Waals surface area (Å²) in [5.74, 6) is 0. The van der Waals surface area contributed by atoms with Crippen molar-refractivity contribution in [2.24, 2.45) is 0 Å². The summed E-state index contributed by atoms with van der Waals surface area (Å²) in [6.45, 7) is 8.17. The Balaban J connectivity index is 1.70. The van der Waals surface area contributed by atoms with Gasteiger partial charge in [0.25, 0.3) is 0 Å². The second-order valence-corrected chi connectivity index (χ2v) is 8.09. The second kappa shape index (κ2) is 5.40. The Labute approximate surface area is 149 Å². The topological polar surface area (TPSA) is 51.6 Å². The molecule has 0 spiro atoms. The van der Waals surface area contributed by atoms with Crippen molar-refractivity contribution in [2.45, 2.75) is 57.3 Å². The first-order valence-electron chi connectivity index (χ1n) is 8.86. The van der Waals surface area contributed by atoms with Crippen LogP contribution in [0.3, 0.4) is 0 Å². The standard InChI is InChI=1S/C20H24BNO3/c1-18(2)19(3,4)25-21(24-18)16-9-5-8-15(13-16)20(23)11-10-14-7-6-12-22-17(14)20/h5-9,12-13,23H,10-11H2,1-4H3. The zero-order chi connectivity index (χ0) is 17.9. The molecular weight excluding hydrogens is 313 g/mol. The van der Waals surface area contributed by atoms with Gasteiger partial charge in [0, 0.05) is 6.20 Å². The quantitative estimate of drug-likeness (QED) is 0.856. The summed E-state index contributed by atoms with van der Waals surface area (Å²) in [4.78, 5) is 4.45. The molecule has 2 aromatic rings. The number of hydrogen-bond acceptors (Lipinski definition) is 4. The third kappa shape index (κ3) is 2.53. The maximum Gasteiger partial charge on any atom is 0.494 e. The fourth-order valence-corrected chi connectivity index (χ4v) is 3.65. The van der Waals surface area contributed by atoms with E-state index in [4.69, 9.17) is 9.31 Å². The van der Waals surface area contributed by atoms with Gasteiger partial charge in [-0.3, -0.25) is 4.98 Å². The van der Waals surface area contributed by atoms with Crippen molar-refractivity contribution in [1.82, 2.24) is 4.98 Å². The second-order valence-electron chi connectivity index (χ2n) is 8.09. The maximum absolute atomic E-state index is 11.3. The van der Waals surface area contributed by atoms with Gasteiger partial charge in [-0.15, -0.1) is 0 Å². The van der Waals surface area contributed by atoms with Crippen molar-refractivity contribution in [2.75, 3.05) is 0 Å². The minimum absolute atomic E-state index is 0.383. The highest BCUT2D eigenvalue weighted by atomic mass is 16.7. The van der Waals surface area contributed by atoms with Gasteiger partial charge in [0.1, 0.15) is 5.60 Å². The molecule has 0 amide bonds. The van der Waals surface area contributed by atoms with Crippen LogP contribution in [0.25, 0.3) is 0 Å². The van der Waals surface area contributed by atoms with Gasteiger partial charge in [0.05, 0.1) is 16.9 Å². The molecule has 5 heteroatoms. The Hall–Kier alpha value is -1.69. The Bertz CT molecular complexity index is 804. The Morgan fingerprint density at radius 1 is 1.04 bits per heavy atom. The summed E-state index contributed by atoms with van der Waals surface area (Å²) in [6, 6.07) is 11.9. The van der Waals surface area contributed by atoms with Crippen LogP contribution < -0.4 is 5.46 Å². The fraction of sp³-hybridized carbons (Fsp3) is 0.450. The molecular formula is C20H24BNO3. The summed E-state index contributed by atoms with van der Waals surface area (Å²) >= 11 is 0. The van der Waals surface area contributed by atoms with E-state index in [9.17, 15) is 5.11 Å². The van der Waals surface area contributed by atoms with Crippen molar-refractivity contribution >= 4 is 12.6 Å². The number of rotatable bonds is 2. The van der Waals surface area contributed by atoms with Gasteiger partial charge in [0.15, 0.2) is 0 Å². The molecule has 2 heterocycles. The molecule has 1 unspecified atom stereocenters. The van der Waals surface area contributed by atoms with Crippen LogP contribution in [0.4, 0.5) is 0 Å². The van der Waals surface area contributed by atoms with Gasteiger partial charge in [-0.2, -0.15) is 0 Å². The van der Waals surface area contributed by atoms with Crippen LogP contribution in [0, 0.1) is 0 Å². The molecule has 0 radical (unpaired) electrons. The van der Waals surface area contributed by atoms with Crippen LogP contribution in [-0.4, -0.2) is 28.4 Å². The molecule has 1 aromatic carbocycles. The molecule has 2 aliphatic rings. The van der Waals surface area contributed by atoms with Crippen LogP contribution in [-0.2, 0) is 21.3 Å². The number of hydrogen-bond donors (Lipinski definition) is 1. The Morgan fingerprint density at radius 2 is 1.76 bits per heavy atom. The van der Waals surface area contributed by atoms with E-state index in [1.165, 1.54) is 0 Å². The number of pyridine rings is 1. The molecule has 1 aliphatic heterocycles. The molecule has 0 bridgehead atoms. The maximum atomic E-state index is 11.3. The first-order valence-corrected chi connectivity index (χ1v) is 8.86. The first kappa shape index (κ1) is 16.8. The van der Waals surface area contributed by atoms with Gasteiger partial charge >= 0.3 is 7.12 Å². The zero-order valence-electron chi connectivity index (χ0n) is 15.2. The van der Waals surface area contributed by atoms with Gasteiger partial charge in [-0.25, -0.2) is 0 Å². The molecule has 1 atom stereocenters. The highest BCUT2D eigenvalue weighted by molar-refractivity contribution is 6.62. The van der Waals surface area contributed by atoms with Crippen molar-refractivity contribution < 1.29 is 14.4 Å². The highest BCUT2D eigenvalue weighted by Gasteiger charge is 2.52. The fourth-order valence-electron chi connectivity index (χ4n) is 3.65. The molecule has 1 N–H and O–H groups in total. The number of aryl methyl sites for hydroxylation is 1. The molecule has 1 aliphatic carbocycles. The SMILES string of the molecule is CC1(C)OB(c2cccc(C3(O)CCc4cccnc43)c2)OC1(C)C. The van der Waals surface area contributed by atoms with Gasteiger partial charge in [-0.1, -0.05) is 30.3 Å². The van der Waals surface area contributed by atoms with E-state index < -0.39 is 12.7 Å². The lowest BCUT2D eigenvalue weighted by atomic mass is 9.76. The molecule has 130 valence electrons. The average molecular weight is 337 g/mol. The van der Waals surface area contributed by atoms with Crippen LogP contribution in [0.2, 0.25) is 0 Å². The van der Waals surface area contributed by atoms with E-state index in [0.717, 1.165) is 28.7 Å². The average Bonchev–Trinajstić information content (AvgIpc) is 3.03. The highest BCUT2D eigenvalue weighted by Crippen LogP contribution is 2.41. The van der Waals surface area contributed by atoms with Crippen molar-refractivity contribution in [3.63, 3.8) is 0 Å². The van der Waals surface area contributed by atoms with E-state index in [2.05, 4.69) is 4.98 Å². The predicted octanol–water partition coefficient (Wildman–Crippen LogP) is 2.56. The molecule has 25 heavy (non-hydrogen) atoms. The number of fused-ring (bicyclic) bond motifs is 1. The molecule has 1 fully saturated rings. The predicted molar refractivity (Wildman–Crippen MR) is 97.7 cm³/mol. The van der Waals surface area contributed by atoms with Crippen LogP contribution in [0.1, 0.15) is 50.9 Å². The summed E-state index contributed by atoms with van der Waals surface area (Å²) in [7, 11) is -0.432. The van der Waals surface area contributed by atoms with E-state index in [1.807, 2.05) is 64.1 Å². The van der Waals surface area contributed by atoms with E-state index in [1.54, 1.807) is 6.20 Å². The van der Waals surface area contributed by atoms with Gasteiger partial charge < -0.3 is 14.4 Å². The third-order valence-electron chi connectivity index (χ3n) is 5.93. The summed E-state index contributed by atoms with van der Waals surface area (Å²) in [5.41, 5.74) is 1.84. The monoisotopic (exact) mass is 337 g/mol. The largest absolute Gasteiger partial charge is 0.494 e. The number of benzene rings is 1. The Kier molecular flexibility index (Phi) is 3.62. The normalized spacial score (nSPS) is 26.7. The number of aliphatic hydroxyl groups is 1. The molecule has 1 saturated heterocycles. The van der Waals surface area contributed by atoms with Crippen molar-refractivity contribution in [3.8, 4) is 0 Å². The minimum atomic E-state index is -1.05. The number of aromatic nitrogens is 1. The molecule has 0 saturated carbocycles. The lowest BCUT2D eigenvalue weighted by molar-refractivity contribution is 0.00578. The summed E-state index contributed by atoms with van der Waals surface area (Å²) < 4.78 is 12.3. The van der Waals surface area contributed by atoms with Gasteiger partial charge in [0.2, 0.25) is 0 Å². The van der Waals surface area contributed by atoms with Crippen molar-refractivity contribution in [3.05, 3.63) is 59.4 Å². The minimum Gasteiger partial charge on any atom is -0.399 e. The summed E-state index contributed by atoms with van der Waals surface area (Å²) in [6.07, 6.45) is 3.22. The zero-order valence-corrected chi connectivity index (χ0v) is 15.2. The third-order valence-corrected chi connectivity index (χ3v) is 5.93. The van der Waals surface area contributed by atoms with Gasteiger partial charge in [-0.05, 0) is 63.2 Å². The van der Waals surface area contributed by atoms with E-state index in [0.29, 0.717) is 6.42 Å². The lowest BCUT2D eigenvalue weighted by Crippen LogP contribution is -2.41. The van der Waals surface area contributed by atoms with E-state index >= 15 is 0 Å². The van der Waals surface area contributed by atoms with Crippen LogP contribution in [0.15, 0.2) is 42.6 Å². The molecule has 1 aromatic heterocycles. The molecule has 4 rings (SSSR count). The van der Waals surface area contributed by atoms with Crippen LogP contribution in [0.5, 0.6) is 0 Å². The first-order chi connectivity index (χ1) is 11.7. The Morgan fingerprint density at radius 3 is 2.48 bits per heavy atom. The smallest absolute Gasteiger partial charge is 0.399 e. The van der Waals surface area contributed by atoms with Crippen molar-refractivity contribution in [1.29, 1.82) is 0 Å². The number of nitrogens with zero attached hydrogens (tertiary/aromatic N) is 1. The van der Waals surface area contributed by atoms with Crippen LogP contribution >= 0.6 is 0 Å². The molecule has 4 nitrogen and oxygen atoms in total. The van der Waals surface area contributed by atoms with E-state index in [-0.39, 0.29) is 11.2 Å².